The minimum absolute atomic E-state index is 0.0426. The van der Waals surface area contributed by atoms with Gasteiger partial charge in [0.25, 0.3) is 0 Å². The van der Waals surface area contributed by atoms with Gasteiger partial charge in [-0.1, -0.05) is 25.3 Å². The van der Waals surface area contributed by atoms with Crippen molar-refractivity contribution in [2.24, 2.45) is 5.73 Å². The van der Waals surface area contributed by atoms with Gasteiger partial charge in [0.2, 0.25) is 10.0 Å². The van der Waals surface area contributed by atoms with Gasteiger partial charge in [0, 0.05) is 18.3 Å². The molecule has 0 saturated heterocycles. The fraction of sp³-hybridized carbons (Fsp3) is 0.571. The van der Waals surface area contributed by atoms with Gasteiger partial charge in [0.1, 0.15) is 5.84 Å². The number of pyridine rings is 1. The van der Waals surface area contributed by atoms with E-state index in [-0.39, 0.29) is 11.6 Å². The van der Waals surface area contributed by atoms with Crippen molar-refractivity contribution in [2.75, 3.05) is 5.75 Å². The Balaban J connectivity index is 2.03. The molecule has 2 rings (SSSR count). The second-order valence-electron chi connectivity index (χ2n) is 5.55. The fourth-order valence-electron chi connectivity index (χ4n) is 2.72. The molecule has 1 fully saturated rings. The molecule has 1 aliphatic rings. The average molecular weight is 310 g/mol. The summed E-state index contributed by atoms with van der Waals surface area (Å²) in [6.45, 7) is 0. The lowest BCUT2D eigenvalue weighted by atomic mass is 9.82. The van der Waals surface area contributed by atoms with Crippen molar-refractivity contribution in [3.63, 3.8) is 0 Å². The number of hydrogen-bond acceptors (Lipinski definition) is 4. The molecule has 1 saturated carbocycles. The summed E-state index contributed by atoms with van der Waals surface area (Å²) >= 11 is 0. The molecule has 1 heterocycles. The van der Waals surface area contributed by atoms with E-state index in [1.807, 2.05) is 6.07 Å². The van der Waals surface area contributed by atoms with E-state index >= 15 is 0 Å². The van der Waals surface area contributed by atoms with Crippen LogP contribution >= 0.6 is 0 Å². The van der Waals surface area contributed by atoms with E-state index in [0.29, 0.717) is 19.3 Å². The van der Waals surface area contributed by atoms with Gasteiger partial charge in [-0.2, -0.15) is 0 Å². The number of sulfonamides is 1. The molecular weight excluding hydrogens is 288 g/mol. The number of aromatic nitrogens is 1. The van der Waals surface area contributed by atoms with Crippen molar-refractivity contribution >= 4 is 15.9 Å². The van der Waals surface area contributed by atoms with E-state index in [9.17, 15) is 8.42 Å². The summed E-state index contributed by atoms with van der Waals surface area (Å²) in [5.41, 5.74) is 5.51. The van der Waals surface area contributed by atoms with Crippen LogP contribution in [0.3, 0.4) is 0 Å². The molecule has 0 amide bonds. The maximum Gasteiger partial charge on any atom is 0.212 e. The van der Waals surface area contributed by atoms with Crippen LogP contribution in [0.25, 0.3) is 0 Å². The highest BCUT2D eigenvalue weighted by molar-refractivity contribution is 7.89. The molecule has 1 aliphatic carbocycles. The number of hydrogen-bond donors (Lipinski definition) is 3. The number of amidine groups is 1. The van der Waals surface area contributed by atoms with Gasteiger partial charge in [-0.25, -0.2) is 13.1 Å². The molecule has 0 atom stereocenters. The second-order valence-corrected chi connectivity index (χ2v) is 7.39. The quantitative estimate of drug-likeness (QED) is 0.541. The number of nitrogens with two attached hydrogens (primary N) is 1. The van der Waals surface area contributed by atoms with Crippen molar-refractivity contribution in [2.45, 2.75) is 44.1 Å². The molecule has 0 bridgehead atoms. The summed E-state index contributed by atoms with van der Waals surface area (Å²) in [5, 5.41) is 7.75. The maximum atomic E-state index is 12.3. The highest BCUT2D eigenvalue weighted by Crippen LogP contribution is 2.28. The monoisotopic (exact) mass is 310 g/mol. The van der Waals surface area contributed by atoms with Gasteiger partial charge in [0.05, 0.1) is 11.3 Å². The zero-order valence-corrected chi connectivity index (χ0v) is 12.8. The Morgan fingerprint density at radius 2 is 2.05 bits per heavy atom. The number of aryl methyl sites for hydroxylation is 1. The molecule has 21 heavy (non-hydrogen) atoms. The van der Waals surface area contributed by atoms with Crippen LogP contribution in [0.4, 0.5) is 0 Å². The molecule has 1 aromatic rings. The van der Waals surface area contributed by atoms with Crippen LogP contribution in [-0.2, 0) is 16.4 Å². The van der Waals surface area contributed by atoms with Crippen molar-refractivity contribution < 1.29 is 8.42 Å². The number of rotatable bonds is 6. The molecule has 7 heteroatoms. The van der Waals surface area contributed by atoms with E-state index < -0.39 is 15.6 Å². The zero-order chi connectivity index (χ0) is 15.3. The predicted molar refractivity (Wildman–Crippen MR) is 82.6 cm³/mol. The Hall–Kier alpha value is -1.47. The van der Waals surface area contributed by atoms with Crippen LogP contribution in [0.2, 0.25) is 0 Å². The van der Waals surface area contributed by atoms with Crippen molar-refractivity contribution in [1.82, 2.24) is 9.71 Å². The second kappa shape index (κ2) is 6.53. The third-order valence-electron chi connectivity index (χ3n) is 3.93. The van der Waals surface area contributed by atoms with Crippen LogP contribution in [0.5, 0.6) is 0 Å². The molecule has 1 aromatic heterocycles. The highest BCUT2D eigenvalue weighted by Gasteiger charge is 2.38. The highest BCUT2D eigenvalue weighted by atomic mass is 32.2. The van der Waals surface area contributed by atoms with E-state index in [0.717, 1.165) is 25.0 Å². The summed E-state index contributed by atoms with van der Waals surface area (Å²) in [6, 6.07) is 5.43. The standard InChI is InChI=1S/C14H22N4O2S/c15-13(16)14(8-3-1-4-9-14)18-21(19,20)11-7-12-6-2-5-10-17-12/h2,5-6,10,18H,1,3-4,7-9,11H2,(H3,15,16). The van der Waals surface area contributed by atoms with E-state index in [2.05, 4.69) is 9.71 Å². The van der Waals surface area contributed by atoms with E-state index in [1.165, 1.54) is 0 Å². The van der Waals surface area contributed by atoms with Crippen LogP contribution < -0.4 is 10.5 Å². The summed E-state index contributed by atoms with van der Waals surface area (Å²) in [7, 11) is -3.49. The molecule has 0 spiro atoms. The number of nitrogens with one attached hydrogen (secondary N) is 2. The van der Waals surface area contributed by atoms with Gasteiger partial charge in [-0.05, 0) is 25.0 Å². The molecule has 0 radical (unpaired) electrons. The predicted octanol–water partition coefficient (Wildman–Crippen LogP) is 1.18. The molecule has 4 N–H and O–H groups in total. The first-order chi connectivity index (χ1) is 9.94. The van der Waals surface area contributed by atoms with Crippen LogP contribution in [0.1, 0.15) is 37.8 Å². The average Bonchev–Trinajstić information content (AvgIpc) is 2.47. The number of nitrogens with zero attached hydrogens (tertiary/aromatic N) is 1. The Kier molecular flexibility index (Phi) is 4.95. The third kappa shape index (κ3) is 4.25. The van der Waals surface area contributed by atoms with E-state index in [4.69, 9.17) is 11.1 Å². The first-order valence-corrected chi connectivity index (χ1v) is 8.85. The van der Waals surface area contributed by atoms with Crippen molar-refractivity contribution in [1.29, 1.82) is 5.41 Å². The van der Waals surface area contributed by atoms with Gasteiger partial charge >= 0.3 is 0 Å². The first-order valence-electron chi connectivity index (χ1n) is 7.20. The maximum absolute atomic E-state index is 12.3. The van der Waals surface area contributed by atoms with Crippen LogP contribution in [0.15, 0.2) is 24.4 Å². The van der Waals surface area contributed by atoms with Gasteiger partial charge in [0.15, 0.2) is 0 Å². The van der Waals surface area contributed by atoms with Gasteiger partial charge in [-0.3, -0.25) is 10.4 Å². The third-order valence-corrected chi connectivity index (χ3v) is 5.37. The largest absolute Gasteiger partial charge is 0.386 e. The molecule has 0 unspecified atom stereocenters. The summed E-state index contributed by atoms with van der Waals surface area (Å²) < 4.78 is 27.3. The Labute approximate surface area is 125 Å². The summed E-state index contributed by atoms with van der Waals surface area (Å²) in [6.07, 6.45) is 6.05. The molecule has 6 nitrogen and oxygen atoms in total. The molecule has 116 valence electrons. The molecule has 0 aliphatic heterocycles. The Bertz CT molecular complexity index is 580. The Morgan fingerprint density at radius 1 is 1.33 bits per heavy atom. The van der Waals surface area contributed by atoms with Crippen molar-refractivity contribution in [3.05, 3.63) is 30.1 Å². The Morgan fingerprint density at radius 3 is 2.62 bits per heavy atom. The molecule has 0 aromatic carbocycles. The fourth-order valence-corrected chi connectivity index (χ4v) is 4.20. The van der Waals surface area contributed by atoms with E-state index in [1.54, 1.807) is 18.3 Å². The smallest absolute Gasteiger partial charge is 0.212 e. The zero-order valence-electron chi connectivity index (χ0n) is 12.0. The lowest BCUT2D eigenvalue weighted by Gasteiger charge is -2.36. The SMILES string of the molecule is N=C(N)C1(NS(=O)(=O)CCc2ccccn2)CCCCC1. The lowest BCUT2D eigenvalue weighted by molar-refractivity contribution is 0.348. The first kappa shape index (κ1) is 15.9. The normalized spacial score (nSPS) is 18.3. The summed E-state index contributed by atoms with van der Waals surface area (Å²) in [4.78, 5) is 4.12. The van der Waals surface area contributed by atoms with Crippen LogP contribution in [0, 0.1) is 5.41 Å². The van der Waals surface area contributed by atoms with Gasteiger partial charge in [-0.15, -0.1) is 0 Å². The lowest BCUT2D eigenvalue weighted by Crippen LogP contribution is -2.58. The summed E-state index contributed by atoms with van der Waals surface area (Å²) in [5.74, 6) is -0.123. The topological polar surface area (TPSA) is 109 Å². The van der Waals surface area contributed by atoms with Crippen molar-refractivity contribution in [3.8, 4) is 0 Å². The minimum Gasteiger partial charge on any atom is -0.386 e. The van der Waals surface area contributed by atoms with Gasteiger partial charge < -0.3 is 5.73 Å². The van der Waals surface area contributed by atoms with Crippen LogP contribution in [-0.4, -0.2) is 30.5 Å². The molecular formula is C14H22N4O2S. The minimum atomic E-state index is -3.49.